The summed E-state index contributed by atoms with van der Waals surface area (Å²) < 4.78 is 73.0. The number of aromatic nitrogens is 1. The second-order valence-electron chi connectivity index (χ2n) is 5.51. The van der Waals surface area contributed by atoms with Crippen molar-refractivity contribution in [1.29, 1.82) is 0 Å². The number of rotatable bonds is 1. The molecule has 4 rings (SSSR count). The molecule has 25 heavy (non-hydrogen) atoms. The maximum Gasteiger partial charge on any atom is 0.738 e. The second-order valence-corrected chi connectivity index (χ2v) is 7.13. The van der Waals surface area contributed by atoms with Crippen molar-refractivity contribution >= 4 is 49.0 Å². The number of allylic oxidation sites excluding steroid dienone is 2. The molecule has 0 bridgehead atoms. The summed E-state index contributed by atoms with van der Waals surface area (Å²) in [6.45, 7) is -4.26. The molecule has 0 fully saturated rings. The molecule has 0 atom stereocenters. The summed E-state index contributed by atoms with van der Waals surface area (Å²) in [5.74, 6) is -4.43. The van der Waals surface area contributed by atoms with Gasteiger partial charge in [0, 0.05) is 39.3 Å². The first-order chi connectivity index (χ1) is 11.7. The van der Waals surface area contributed by atoms with Gasteiger partial charge in [-0.1, -0.05) is 0 Å². The highest BCUT2D eigenvalue weighted by molar-refractivity contribution is 9.18. The van der Waals surface area contributed by atoms with Gasteiger partial charge in [0.2, 0.25) is 4.62 Å². The molecule has 2 aromatic rings. The van der Waals surface area contributed by atoms with Crippen molar-refractivity contribution in [1.82, 2.24) is 4.48 Å². The van der Waals surface area contributed by atoms with Crippen molar-refractivity contribution in [3.05, 3.63) is 75.4 Å². The Hall–Kier alpha value is -1.68. The molecule has 10 heteroatoms. The van der Waals surface area contributed by atoms with Gasteiger partial charge < -0.3 is 17.6 Å². The topological polar surface area (TPSA) is 7.94 Å². The van der Waals surface area contributed by atoms with Gasteiger partial charge in [0.05, 0.1) is 10.2 Å². The average Bonchev–Trinajstić information content (AvgIpc) is 3.12. The molecule has 0 unspecified atom stereocenters. The van der Waals surface area contributed by atoms with Crippen LogP contribution in [0, 0.1) is 17.5 Å². The van der Waals surface area contributed by atoms with Crippen molar-refractivity contribution in [2.45, 2.75) is 0 Å². The predicted octanol–water partition coefficient (Wildman–Crippen LogP) is 5.04. The fourth-order valence-electron chi connectivity index (χ4n) is 3.13. The molecule has 0 radical (unpaired) electrons. The lowest BCUT2D eigenvalue weighted by Crippen LogP contribution is -2.50. The van der Waals surface area contributed by atoms with E-state index in [0.717, 1.165) is 12.1 Å². The molecule has 3 heterocycles. The molecular formula is C15H6BBr2F5N2. The van der Waals surface area contributed by atoms with Gasteiger partial charge in [-0.25, -0.2) is 13.2 Å². The third-order valence-electron chi connectivity index (χ3n) is 4.17. The Balaban J connectivity index is 2.14. The van der Waals surface area contributed by atoms with Crippen molar-refractivity contribution < 1.29 is 26.3 Å². The minimum atomic E-state index is -4.26. The zero-order valence-corrected chi connectivity index (χ0v) is 15.3. The lowest BCUT2D eigenvalue weighted by Gasteiger charge is -2.32. The lowest BCUT2D eigenvalue weighted by atomic mass is 9.86. The molecule has 0 saturated carbocycles. The number of fused-ring (bicyclic) bond motifs is 2. The van der Waals surface area contributed by atoms with E-state index in [1.807, 2.05) is 0 Å². The third kappa shape index (κ3) is 2.16. The summed E-state index contributed by atoms with van der Waals surface area (Å²) in [4.78, 5) is 0. The van der Waals surface area contributed by atoms with Crippen molar-refractivity contribution in [3.8, 4) is 0 Å². The number of nitrogens with zero attached hydrogens (tertiary/aromatic N) is 2. The summed E-state index contributed by atoms with van der Waals surface area (Å²) in [6, 6.07) is 4.57. The van der Waals surface area contributed by atoms with Crippen LogP contribution in [0.4, 0.5) is 21.8 Å². The van der Waals surface area contributed by atoms with Gasteiger partial charge in [-0.3, -0.25) is 0 Å². The van der Waals surface area contributed by atoms with Gasteiger partial charge in [-0.15, -0.1) is 0 Å². The van der Waals surface area contributed by atoms with Gasteiger partial charge in [0.25, 0.3) is 0 Å². The summed E-state index contributed by atoms with van der Waals surface area (Å²) >= 11 is 6.13. The molecule has 0 saturated heterocycles. The van der Waals surface area contributed by atoms with Crippen LogP contribution in [0.1, 0.15) is 11.3 Å². The third-order valence-corrected chi connectivity index (χ3v) is 5.47. The monoisotopic (exact) mass is 478 g/mol. The Bertz CT molecular complexity index is 1040. The standard InChI is InChI=1S/C15H6BBr2F5N2/c17-11-5-3-9-13(7-1-2-8(19)15(21)14(7)20)10-4-6-12(18)25(10)16(22,23)24(9)11/h1-6H. The number of halogens is 7. The molecule has 0 amide bonds. The summed E-state index contributed by atoms with van der Waals surface area (Å²) in [6.07, 6.45) is 2.77. The van der Waals surface area contributed by atoms with Crippen LogP contribution in [0.25, 0.3) is 5.57 Å². The quantitative estimate of drug-likeness (QED) is 0.308. The van der Waals surface area contributed by atoms with Crippen LogP contribution in [0.15, 0.2) is 46.7 Å². The molecular weight excluding hydrogens is 474 g/mol. The zero-order chi connectivity index (χ0) is 18.1. The van der Waals surface area contributed by atoms with Crippen LogP contribution in [0.2, 0.25) is 0 Å². The van der Waals surface area contributed by atoms with E-state index >= 15 is 0 Å². The highest BCUT2D eigenvalue weighted by Crippen LogP contribution is 2.42. The van der Waals surface area contributed by atoms with Gasteiger partial charge >= 0.3 is 6.97 Å². The highest BCUT2D eigenvalue weighted by Gasteiger charge is 2.54. The van der Waals surface area contributed by atoms with E-state index in [-0.39, 0.29) is 31.8 Å². The van der Waals surface area contributed by atoms with Crippen molar-refractivity contribution in [2.24, 2.45) is 0 Å². The van der Waals surface area contributed by atoms with E-state index < -0.39 is 24.4 Å². The number of hydrogen-bond acceptors (Lipinski definition) is 0. The van der Waals surface area contributed by atoms with Crippen molar-refractivity contribution in [2.75, 3.05) is 0 Å². The Morgan fingerprint density at radius 1 is 0.920 bits per heavy atom. The van der Waals surface area contributed by atoms with Crippen LogP contribution in [0.5, 0.6) is 0 Å². The van der Waals surface area contributed by atoms with E-state index in [2.05, 4.69) is 31.9 Å². The Labute approximate surface area is 155 Å². The maximum atomic E-state index is 15.0. The van der Waals surface area contributed by atoms with Gasteiger partial charge in [0.1, 0.15) is 0 Å². The van der Waals surface area contributed by atoms with Crippen LogP contribution < -0.4 is 0 Å². The van der Waals surface area contributed by atoms with Crippen LogP contribution >= 0.6 is 31.9 Å². The molecule has 1 aromatic carbocycles. The Kier molecular flexibility index (Phi) is 3.63. The van der Waals surface area contributed by atoms with E-state index in [9.17, 15) is 21.8 Å². The molecule has 2 aliphatic rings. The van der Waals surface area contributed by atoms with Crippen LogP contribution in [0.3, 0.4) is 0 Å². The molecule has 128 valence electrons. The number of benzene rings is 1. The summed E-state index contributed by atoms with van der Waals surface area (Å²) in [7, 11) is 0. The van der Waals surface area contributed by atoms with E-state index in [1.54, 1.807) is 0 Å². The molecule has 2 nitrogen and oxygen atoms in total. The first-order valence-corrected chi connectivity index (χ1v) is 8.61. The molecule has 1 aromatic heterocycles. The fraction of sp³-hybridized carbons (Fsp3) is 0. The highest BCUT2D eigenvalue weighted by atomic mass is 79.9. The smallest absolute Gasteiger partial charge is 0.389 e. The van der Waals surface area contributed by atoms with Gasteiger partial charge in [0.15, 0.2) is 23.1 Å². The lowest BCUT2D eigenvalue weighted by molar-refractivity contribution is -0.358. The fourth-order valence-corrected chi connectivity index (χ4v) is 4.27. The summed E-state index contributed by atoms with van der Waals surface area (Å²) in [5, 5.41) is 0. The van der Waals surface area contributed by atoms with Crippen LogP contribution in [-0.4, -0.2) is 20.6 Å². The first-order valence-electron chi connectivity index (χ1n) is 7.02. The largest absolute Gasteiger partial charge is 0.738 e. The molecule has 2 aliphatic heterocycles. The van der Waals surface area contributed by atoms with E-state index in [4.69, 9.17) is 0 Å². The van der Waals surface area contributed by atoms with Crippen LogP contribution in [-0.2, 0) is 0 Å². The second kappa shape index (κ2) is 5.41. The van der Waals surface area contributed by atoms with Gasteiger partial charge in [-0.2, -0.15) is 0 Å². The normalized spacial score (nSPS) is 18.0. The molecule has 0 spiro atoms. The minimum Gasteiger partial charge on any atom is -0.389 e. The summed E-state index contributed by atoms with van der Waals surface area (Å²) in [5.41, 5.74) is -0.260. The zero-order valence-electron chi connectivity index (χ0n) is 12.1. The molecule has 0 aliphatic carbocycles. The SMILES string of the molecule is Fc1ccc(C2=C3C=CC(Br)=[N+]3[B-](F)(F)n3c(Br)ccc32)c(F)c1F. The average molecular weight is 480 g/mol. The predicted molar refractivity (Wildman–Crippen MR) is 91.2 cm³/mol. The Morgan fingerprint density at radius 2 is 1.64 bits per heavy atom. The number of hydrogen-bond donors (Lipinski definition) is 0. The Morgan fingerprint density at radius 3 is 2.36 bits per heavy atom. The van der Waals surface area contributed by atoms with E-state index in [0.29, 0.717) is 8.96 Å². The van der Waals surface area contributed by atoms with E-state index in [1.165, 1.54) is 24.3 Å². The molecule has 0 N–H and O–H groups in total. The van der Waals surface area contributed by atoms with Crippen molar-refractivity contribution in [3.63, 3.8) is 0 Å². The first kappa shape index (κ1) is 16.8. The minimum absolute atomic E-state index is 0.000108. The van der Waals surface area contributed by atoms with Gasteiger partial charge in [-0.05, 0) is 40.2 Å². The maximum absolute atomic E-state index is 15.0.